The van der Waals surface area contributed by atoms with Gasteiger partial charge in [0.1, 0.15) is 0 Å². The topological polar surface area (TPSA) is 43.1 Å². The maximum atomic E-state index is 12.4. The highest BCUT2D eigenvalue weighted by molar-refractivity contribution is 9.10. The van der Waals surface area contributed by atoms with E-state index in [-0.39, 0.29) is 11.6 Å². The van der Waals surface area contributed by atoms with Crippen LogP contribution in [0.15, 0.2) is 22.7 Å². The lowest BCUT2D eigenvalue weighted by Crippen LogP contribution is -1.97. The van der Waals surface area contributed by atoms with Crippen LogP contribution in [0.4, 0.5) is 10.1 Å². The van der Waals surface area contributed by atoms with Gasteiger partial charge in [0.25, 0.3) is 5.69 Å². The molecule has 5 heteroatoms. The van der Waals surface area contributed by atoms with Gasteiger partial charge in [-0.2, -0.15) is 0 Å². The second kappa shape index (κ2) is 4.50. The maximum absolute atomic E-state index is 12.4. The predicted octanol–water partition coefficient (Wildman–Crippen LogP) is 3.43. The Balaban J connectivity index is 3.13. The molecule has 1 rings (SSSR count). The molecule has 0 saturated heterocycles. The van der Waals surface area contributed by atoms with Crippen LogP contribution in [0.5, 0.6) is 0 Å². The van der Waals surface area contributed by atoms with Crippen molar-refractivity contribution in [2.75, 3.05) is 6.67 Å². The van der Waals surface area contributed by atoms with Crippen molar-refractivity contribution in [3.63, 3.8) is 0 Å². The van der Waals surface area contributed by atoms with E-state index in [1.807, 2.05) is 0 Å². The second-order valence-corrected chi connectivity index (χ2v) is 3.97. The van der Waals surface area contributed by atoms with E-state index >= 15 is 0 Å². The van der Waals surface area contributed by atoms with Gasteiger partial charge in [-0.15, -0.1) is 0 Å². The van der Waals surface area contributed by atoms with Crippen LogP contribution in [0.25, 0.3) is 0 Å². The predicted molar refractivity (Wildman–Crippen MR) is 55.2 cm³/mol. The molecule has 14 heavy (non-hydrogen) atoms. The van der Waals surface area contributed by atoms with Gasteiger partial charge in [-0.05, 0) is 11.6 Å². The molecule has 76 valence electrons. The number of hydrogen-bond donors (Lipinski definition) is 0. The molecule has 1 atom stereocenters. The molecule has 0 amide bonds. The van der Waals surface area contributed by atoms with Crippen molar-refractivity contribution in [2.45, 2.75) is 12.8 Å². The van der Waals surface area contributed by atoms with Crippen molar-refractivity contribution in [3.8, 4) is 0 Å². The number of benzene rings is 1. The molecule has 0 spiro atoms. The van der Waals surface area contributed by atoms with Gasteiger partial charge in [-0.3, -0.25) is 14.5 Å². The number of nitrogens with zero attached hydrogens (tertiary/aromatic N) is 1. The molecule has 0 aliphatic carbocycles. The summed E-state index contributed by atoms with van der Waals surface area (Å²) in [5.74, 6) is -0.314. The van der Waals surface area contributed by atoms with Crippen LogP contribution in [0.3, 0.4) is 0 Å². The van der Waals surface area contributed by atoms with E-state index in [2.05, 4.69) is 15.9 Å². The van der Waals surface area contributed by atoms with Crippen LogP contribution in [0.2, 0.25) is 0 Å². The summed E-state index contributed by atoms with van der Waals surface area (Å²) in [5.41, 5.74) is 0.614. The first-order valence-electron chi connectivity index (χ1n) is 4.05. The van der Waals surface area contributed by atoms with E-state index in [0.29, 0.717) is 10.0 Å². The van der Waals surface area contributed by atoms with Crippen LogP contribution < -0.4 is 0 Å². The van der Waals surface area contributed by atoms with Crippen LogP contribution in [-0.4, -0.2) is 11.6 Å². The van der Waals surface area contributed by atoms with Gasteiger partial charge < -0.3 is 0 Å². The first kappa shape index (κ1) is 11.1. The molecule has 0 radical (unpaired) electrons. The summed E-state index contributed by atoms with van der Waals surface area (Å²) < 4.78 is 13.0. The van der Waals surface area contributed by atoms with Crippen molar-refractivity contribution in [1.29, 1.82) is 0 Å². The van der Waals surface area contributed by atoms with Gasteiger partial charge in [0, 0.05) is 22.5 Å². The van der Waals surface area contributed by atoms with Crippen LogP contribution >= 0.6 is 15.9 Å². The van der Waals surface area contributed by atoms with Crippen molar-refractivity contribution >= 4 is 21.6 Å². The molecule has 0 aromatic heterocycles. The standard InChI is InChI=1S/C9H9BrFNO2/c1-6(5-11)7-2-8(10)4-9(3-7)12(13)14/h2-4,6H,5H2,1H3. The van der Waals surface area contributed by atoms with E-state index in [9.17, 15) is 14.5 Å². The average molecular weight is 262 g/mol. The quantitative estimate of drug-likeness (QED) is 0.618. The first-order chi connectivity index (χ1) is 6.54. The van der Waals surface area contributed by atoms with E-state index in [4.69, 9.17) is 0 Å². The minimum Gasteiger partial charge on any atom is -0.258 e. The summed E-state index contributed by atoms with van der Waals surface area (Å²) in [6.45, 7) is 1.17. The van der Waals surface area contributed by atoms with E-state index < -0.39 is 11.6 Å². The SMILES string of the molecule is CC(CF)c1cc(Br)cc([N+](=O)[O-])c1. The fourth-order valence-electron chi connectivity index (χ4n) is 1.08. The summed E-state index contributed by atoms with van der Waals surface area (Å²) in [6.07, 6.45) is 0. The fourth-order valence-corrected chi connectivity index (χ4v) is 1.57. The van der Waals surface area contributed by atoms with Gasteiger partial charge in [-0.1, -0.05) is 22.9 Å². The van der Waals surface area contributed by atoms with Crippen molar-refractivity contribution in [1.82, 2.24) is 0 Å². The smallest absolute Gasteiger partial charge is 0.258 e. The molecule has 0 heterocycles. The van der Waals surface area contributed by atoms with Crippen LogP contribution in [0.1, 0.15) is 18.4 Å². The first-order valence-corrected chi connectivity index (χ1v) is 4.84. The molecule has 0 bridgehead atoms. The molecular formula is C9H9BrFNO2. The lowest BCUT2D eigenvalue weighted by molar-refractivity contribution is -0.385. The summed E-state index contributed by atoms with van der Waals surface area (Å²) >= 11 is 3.15. The molecule has 1 aromatic carbocycles. The Labute approximate surface area is 89.2 Å². The number of halogens is 2. The van der Waals surface area contributed by atoms with Crippen LogP contribution in [-0.2, 0) is 0 Å². The van der Waals surface area contributed by atoms with Gasteiger partial charge in [0.2, 0.25) is 0 Å². The highest BCUT2D eigenvalue weighted by Crippen LogP contribution is 2.26. The van der Waals surface area contributed by atoms with Gasteiger partial charge in [0.05, 0.1) is 11.6 Å². The minimum absolute atomic E-state index is 0.0188. The van der Waals surface area contributed by atoms with Gasteiger partial charge in [-0.25, -0.2) is 0 Å². The van der Waals surface area contributed by atoms with Crippen LogP contribution in [0, 0.1) is 10.1 Å². The Morgan fingerprint density at radius 1 is 1.57 bits per heavy atom. The Morgan fingerprint density at radius 2 is 2.21 bits per heavy atom. The number of hydrogen-bond acceptors (Lipinski definition) is 2. The molecule has 0 N–H and O–H groups in total. The minimum atomic E-state index is -0.520. The third-order valence-corrected chi connectivity index (χ3v) is 2.37. The Morgan fingerprint density at radius 3 is 2.71 bits per heavy atom. The lowest BCUT2D eigenvalue weighted by atomic mass is 10.0. The number of alkyl halides is 1. The maximum Gasteiger partial charge on any atom is 0.270 e. The third-order valence-electron chi connectivity index (χ3n) is 1.92. The normalized spacial score (nSPS) is 12.5. The van der Waals surface area contributed by atoms with E-state index in [1.54, 1.807) is 13.0 Å². The Kier molecular flexibility index (Phi) is 3.57. The van der Waals surface area contributed by atoms with Gasteiger partial charge >= 0.3 is 0 Å². The zero-order valence-electron chi connectivity index (χ0n) is 7.54. The zero-order valence-corrected chi connectivity index (χ0v) is 9.12. The van der Waals surface area contributed by atoms with Crippen molar-refractivity contribution in [3.05, 3.63) is 38.3 Å². The number of nitro benzene ring substituents is 1. The molecule has 1 unspecified atom stereocenters. The van der Waals surface area contributed by atoms with Gasteiger partial charge in [0.15, 0.2) is 0 Å². The second-order valence-electron chi connectivity index (χ2n) is 3.06. The van der Waals surface area contributed by atoms with E-state index in [1.165, 1.54) is 12.1 Å². The molecule has 1 aromatic rings. The number of rotatable bonds is 3. The molecule has 3 nitrogen and oxygen atoms in total. The molecule has 0 aliphatic rings. The molecule has 0 aliphatic heterocycles. The summed E-state index contributed by atoms with van der Waals surface area (Å²) in [7, 11) is 0. The fraction of sp³-hybridized carbons (Fsp3) is 0.333. The summed E-state index contributed by atoms with van der Waals surface area (Å²) in [5, 5.41) is 10.5. The Hall–Kier alpha value is -0.970. The number of non-ortho nitro benzene ring substituents is 1. The molecular weight excluding hydrogens is 253 g/mol. The highest BCUT2D eigenvalue weighted by Gasteiger charge is 2.12. The largest absolute Gasteiger partial charge is 0.270 e. The zero-order chi connectivity index (χ0) is 10.7. The molecule has 0 saturated carbocycles. The summed E-state index contributed by atoms with van der Waals surface area (Å²) in [6, 6.07) is 4.49. The average Bonchev–Trinajstić information content (AvgIpc) is 2.15. The third kappa shape index (κ3) is 2.51. The van der Waals surface area contributed by atoms with Crippen molar-refractivity contribution < 1.29 is 9.31 Å². The van der Waals surface area contributed by atoms with Crippen molar-refractivity contribution in [2.24, 2.45) is 0 Å². The highest BCUT2D eigenvalue weighted by atomic mass is 79.9. The monoisotopic (exact) mass is 261 g/mol. The number of nitro groups is 1. The lowest BCUT2D eigenvalue weighted by Gasteiger charge is -2.07. The Bertz CT molecular complexity index is 357. The summed E-state index contributed by atoms with van der Waals surface area (Å²) in [4.78, 5) is 10.0. The van der Waals surface area contributed by atoms with E-state index in [0.717, 1.165) is 0 Å². The molecule has 0 fully saturated rings.